The van der Waals surface area contributed by atoms with E-state index in [-0.39, 0.29) is 5.69 Å². The summed E-state index contributed by atoms with van der Waals surface area (Å²) in [5.74, 6) is -0.212. The molecular weight excluding hydrogens is 294 g/mol. The van der Waals surface area contributed by atoms with Crippen LogP contribution >= 0.6 is 11.6 Å². The standard InChI is InChI=1S/C15H10ClNO4/c16-12-2-1-3-14(10-12)21-15(18)9-6-11-4-7-13(8-5-11)17(19)20/h1-10H/b9-6+. The average Bonchev–Trinajstić information content (AvgIpc) is 2.45. The number of nitro benzene ring substituents is 1. The van der Waals surface area contributed by atoms with Crippen LogP contribution < -0.4 is 4.74 Å². The summed E-state index contributed by atoms with van der Waals surface area (Å²) >= 11 is 5.78. The van der Waals surface area contributed by atoms with Gasteiger partial charge in [0.25, 0.3) is 5.69 Å². The maximum Gasteiger partial charge on any atom is 0.336 e. The molecule has 6 heteroatoms. The highest BCUT2D eigenvalue weighted by Crippen LogP contribution is 2.17. The zero-order chi connectivity index (χ0) is 15.2. The van der Waals surface area contributed by atoms with Crippen LogP contribution in [0, 0.1) is 10.1 Å². The van der Waals surface area contributed by atoms with E-state index in [9.17, 15) is 14.9 Å². The molecule has 0 saturated heterocycles. The minimum atomic E-state index is -0.560. The molecule has 0 bridgehead atoms. The Morgan fingerprint density at radius 1 is 1.19 bits per heavy atom. The molecule has 0 aliphatic heterocycles. The first-order valence-electron chi connectivity index (χ1n) is 5.94. The highest BCUT2D eigenvalue weighted by Gasteiger charge is 2.04. The van der Waals surface area contributed by atoms with Crippen LogP contribution in [0.25, 0.3) is 6.08 Å². The van der Waals surface area contributed by atoms with Gasteiger partial charge in [0.2, 0.25) is 0 Å². The fourth-order valence-corrected chi connectivity index (χ4v) is 1.73. The summed E-state index contributed by atoms with van der Waals surface area (Å²) in [5, 5.41) is 11.0. The van der Waals surface area contributed by atoms with Gasteiger partial charge in [-0.1, -0.05) is 17.7 Å². The molecule has 0 fully saturated rings. The Balaban J connectivity index is 2.00. The molecule has 0 amide bonds. The minimum absolute atomic E-state index is 0.00588. The van der Waals surface area contributed by atoms with Crippen molar-refractivity contribution in [1.29, 1.82) is 0 Å². The van der Waals surface area contributed by atoms with E-state index < -0.39 is 10.9 Å². The van der Waals surface area contributed by atoms with E-state index in [2.05, 4.69) is 0 Å². The van der Waals surface area contributed by atoms with Gasteiger partial charge in [0, 0.05) is 23.2 Å². The molecule has 0 saturated carbocycles. The highest BCUT2D eigenvalue weighted by atomic mass is 35.5. The molecule has 0 atom stereocenters. The van der Waals surface area contributed by atoms with Gasteiger partial charge in [-0.2, -0.15) is 0 Å². The molecule has 0 aliphatic carbocycles. The van der Waals surface area contributed by atoms with Gasteiger partial charge >= 0.3 is 5.97 Å². The van der Waals surface area contributed by atoms with E-state index in [0.717, 1.165) is 0 Å². The van der Waals surface area contributed by atoms with Crippen LogP contribution in [0.15, 0.2) is 54.6 Å². The van der Waals surface area contributed by atoms with Crippen LogP contribution in [0.4, 0.5) is 5.69 Å². The molecule has 0 N–H and O–H groups in total. The molecule has 2 aromatic carbocycles. The Morgan fingerprint density at radius 3 is 2.52 bits per heavy atom. The summed E-state index contributed by atoms with van der Waals surface area (Å²) in [6, 6.07) is 12.3. The molecule has 0 heterocycles. The van der Waals surface area contributed by atoms with Crippen LogP contribution in [-0.4, -0.2) is 10.9 Å². The summed E-state index contributed by atoms with van der Waals surface area (Å²) in [5.41, 5.74) is 0.650. The second-order valence-corrected chi connectivity index (χ2v) is 4.50. The summed E-state index contributed by atoms with van der Waals surface area (Å²) in [4.78, 5) is 21.6. The number of nitrogens with zero attached hydrogens (tertiary/aromatic N) is 1. The van der Waals surface area contributed by atoms with Crippen molar-refractivity contribution in [3.63, 3.8) is 0 Å². The number of rotatable bonds is 4. The van der Waals surface area contributed by atoms with Crippen molar-refractivity contribution in [2.45, 2.75) is 0 Å². The van der Waals surface area contributed by atoms with E-state index in [0.29, 0.717) is 16.3 Å². The smallest absolute Gasteiger partial charge is 0.336 e. The molecule has 0 radical (unpaired) electrons. The number of hydrogen-bond donors (Lipinski definition) is 0. The Morgan fingerprint density at radius 2 is 1.90 bits per heavy atom. The molecule has 2 rings (SSSR count). The number of carbonyl (C=O) groups excluding carboxylic acids is 1. The maximum atomic E-state index is 11.6. The Kier molecular flexibility index (Phi) is 4.68. The number of halogens is 1. The fourth-order valence-electron chi connectivity index (χ4n) is 1.55. The number of carbonyl (C=O) groups is 1. The third kappa shape index (κ3) is 4.43. The van der Waals surface area contributed by atoms with Crippen LogP contribution in [0.1, 0.15) is 5.56 Å². The van der Waals surface area contributed by atoms with E-state index >= 15 is 0 Å². The van der Waals surface area contributed by atoms with Gasteiger partial charge in [0.15, 0.2) is 0 Å². The largest absolute Gasteiger partial charge is 0.423 e. The van der Waals surface area contributed by atoms with Crippen LogP contribution in [0.2, 0.25) is 5.02 Å². The molecule has 2 aromatic rings. The average molecular weight is 304 g/mol. The van der Waals surface area contributed by atoms with Gasteiger partial charge in [-0.3, -0.25) is 10.1 Å². The lowest BCUT2D eigenvalue weighted by Gasteiger charge is -2.01. The molecule has 21 heavy (non-hydrogen) atoms. The number of hydrogen-bond acceptors (Lipinski definition) is 4. The van der Waals surface area contributed by atoms with Crippen molar-refractivity contribution in [2.75, 3.05) is 0 Å². The first-order valence-corrected chi connectivity index (χ1v) is 6.32. The fraction of sp³-hybridized carbons (Fsp3) is 0. The van der Waals surface area contributed by atoms with Gasteiger partial charge < -0.3 is 4.74 Å². The zero-order valence-corrected chi connectivity index (χ0v) is 11.5. The lowest BCUT2D eigenvalue weighted by molar-refractivity contribution is -0.384. The van der Waals surface area contributed by atoms with Crippen LogP contribution in [-0.2, 0) is 4.79 Å². The second kappa shape index (κ2) is 6.67. The first-order chi connectivity index (χ1) is 10.0. The normalized spacial score (nSPS) is 10.5. The number of esters is 1. The number of benzene rings is 2. The molecule has 0 unspecified atom stereocenters. The number of ether oxygens (including phenoxy) is 1. The summed E-state index contributed by atoms with van der Waals surface area (Å²) in [6.45, 7) is 0. The Labute approximate surface area is 125 Å². The van der Waals surface area contributed by atoms with Crippen molar-refractivity contribution in [2.24, 2.45) is 0 Å². The van der Waals surface area contributed by atoms with Crippen LogP contribution in [0.3, 0.4) is 0 Å². The van der Waals surface area contributed by atoms with Gasteiger partial charge in [-0.15, -0.1) is 0 Å². The van der Waals surface area contributed by atoms with Crippen molar-refractivity contribution >= 4 is 29.3 Å². The SMILES string of the molecule is O=C(/C=C/c1ccc([N+](=O)[O-])cc1)Oc1cccc(Cl)c1. The summed E-state index contributed by atoms with van der Waals surface area (Å²) < 4.78 is 5.06. The quantitative estimate of drug-likeness (QED) is 0.283. The van der Waals surface area contributed by atoms with Crippen LogP contribution in [0.5, 0.6) is 5.75 Å². The van der Waals surface area contributed by atoms with Crippen molar-refractivity contribution < 1.29 is 14.5 Å². The first kappa shape index (κ1) is 14.7. The van der Waals surface area contributed by atoms with Crippen molar-refractivity contribution in [3.8, 4) is 5.75 Å². The molecule has 0 aliphatic rings. The van der Waals surface area contributed by atoms with E-state index in [1.54, 1.807) is 30.3 Å². The van der Waals surface area contributed by atoms with Crippen molar-refractivity contribution in [3.05, 3.63) is 75.3 Å². The minimum Gasteiger partial charge on any atom is -0.423 e. The van der Waals surface area contributed by atoms with Gasteiger partial charge in [0.05, 0.1) is 4.92 Å². The second-order valence-electron chi connectivity index (χ2n) is 4.06. The lowest BCUT2D eigenvalue weighted by Crippen LogP contribution is -2.03. The Bertz CT molecular complexity index is 695. The monoisotopic (exact) mass is 303 g/mol. The summed E-state index contributed by atoms with van der Waals surface area (Å²) in [7, 11) is 0. The third-order valence-electron chi connectivity index (χ3n) is 2.53. The molecule has 5 nitrogen and oxygen atoms in total. The number of nitro groups is 1. The number of non-ortho nitro benzene ring substituents is 1. The van der Waals surface area contributed by atoms with E-state index in [1.807, 2.05) is 0 Å². The predicted molar refractivity (Wildman–Crippen MR) is 79.2 cm³/mol. The maximum absolute atomic E-state index is 11.6. The Hall–Kier alpha value is -2.66. The van der Waals surface area contributed by atoms with Crippen molar-refractivity contribution in [1.82, 2.24) is 0 Å². The molecule has 106 valence electrons. The predicted octanol–water partition coefficient (Wildman–Crippen LogP) is 3.87. The molecular formula is C15H10ClNO4. The zero-order valence-electron chi connectivity index (χ0n) is 10.7. The van der Waals surface area contributed by atoms with E-state index in [1.165, 1.54) is 30.4 Å². The molecule has 0 aromatic heterocycles. The highest BCUT2D eigenvalue weighted by molar-refractivity contribution is 6.30. The third-order valence-corrected chi connectivity index (χ3v) is 2.77. The topological polar surface area (TPSA) is 69.4 Å². The lowest BCUT2D eigenvalue weighted by atomic mass is 10.2. The van der Waals surface area contributed by atoms with E-state index in [4.69, 9.17) is 16.3 Å². The summed E-state index contributed by atoms with van der Waals surface area (Å²) in [6.07, 6.45) is 2.75. The van der Waals surface area contributed by atoms with Gasteiger partial charge in [-0.05, 0) is 42.0 Å². The molecule has 0 spiro atoms. The van der Waals surface area contributed by atoms with Gasteiger partial charge in [-0.25, -0.2) is 4.79 Å². The van der Waals surface area contributed by atoms with Gasteiger partial charge in [0.1, 0.15) is 5.75 Å².